The highest BCUT2D eigenvalue weighted by molar-refractivity contribution is 5.42. The van der Waals surface area contributed by atoms with Crippen molar-refractivity contribution in [3.8, 4) is 0 Å². The Balaban J connectivity index is 2.02. The minimum atomic E-state index is -0.344. The lowest BCUT2D eigenvalue weighted by molar-refractivity contribution is -0.386. The third kappa shape index (κ3) is 2.79. The zero-order valence-electron chi connectivity index (χ0n) is 9.31. The number of nitro groups is 1. The largest absolute Gasteiger partial charge is 0.376 e. The highest BCUT2D eigenvalue weighted by Crippen LogP contribution is 2.29. The Morgan fingerprint density at radius 1 is 1.50 bits per heavy atom. The first-order valence-electron chi connectivity index (χ1n) is 5.48. The van der Waals surface area contributed by atoms with Crippen LogP contribution in [0.15, 0.2) is 18.2 Å². The maximum absolute atomic E-state index is 10.8. The van der Waals surface area contributed by atoms with Crippen molar-refractivity contribution in [3.05, 3.63) is 39.4 Å². The van der Waals surface area contributed by atoms with Gasteiger partial charge in [0, 0.05) is 12.7 Å². The fraction of sp³-hybridized carbons (Fsp3) is 0.500. The molecule has 0 amide bonds. The van der Waals surface area contributed by atoms with Gasteiger partial charge in [0.05, 0.1) is 17.1 Å². The molecule has 0 aromatic heterocycles. The molecule has 0 saturated heterocycles. The van der Waals surface area contributed by atoms with Crippen molar-refractivity contribution in [2.45, 2.75) is 26.4 Å². The Kier molecular flexibility index (Phi) is 3.19. The maximum Gasteiger partial charge on any atom is 0.275 e. The third-order valence-electron chi connectivity index (χ3n) is 2.75. The first-order valence-corrected chi connectivity index (χ1v) is 5.48. The van der Waals surface area contributed by atoms with E-state index in [0.29, 0.717) is 18.1 Å². The SMILES string of the molecule is Cc1ccc(COCC2CC2)c([N+](=O)[O-])c1. The van der Waals surface area contributed by atoms with Crippen LogP contribution in [0.2, 0.25) is 0 Å². The topological polar surface area (TPSA) is 52.4 Å². The molecule has 86 valence electrons. The summed E-state index contributed by atoms with van der Waals surface area (Å²) in [6, 6.07) is 5.25. The van der Waals surface area contributed by atoms with E-state index in [0.717, 1.165) is 12.2 Å². The van der Waals surface area contributed by atoms with Gasteiger partial charge in [0.2, 0.25) is 0 Å². The smallest absolute Gasteiger partial charge is 0.275 e. The van der Waals surface area contributed by atoms with Gasteiger partial charge in [-0.05, 0) is 37.3 Å². The summed E-state index contributed by atoms with van der Waals surface area (Å²) < 4.78 is 5.47. The summed E-state index contributed by atoms with van der Waals surface area (Å²) in [6.45, 7) is 2.92. The van der Waals surface area contributed by atoms with Gasteiger partial charge in [0.1, 0.15) is 0 Å². The molecule has 1 aliphatic carbocycles. The Bertz CT molecular complexity index is 399. The monoisotopic (exact) mass is 221 g/mol. The van der Waals surface area contributed by atoms with Crippen LogP contribution in [-0.2, 0) is 11.3 Å². The second-order valence-electron chi connectivity index (χ2n) is 4.35. The molecular formula is C12H15NO3. The maximum atomic E-state index is 10.8. The normalized spacial score (nSPS) is 15.1. The van der Waals surface area contributed by atoms with Crippen LogP contribution in [0.3, 0.4) is 0 Å². The standard InChI is InChI=1S/C12H15NO3/c1-9-2-5-11(12(6-9)13(14)15)8-16-7-10-3-4-10/h2,5-6,10H,3-4,7-8H2,1H3. The van der Waals surface area contributed by atoms with Gasteiger partial charge >= 0.3 is 0 Å². The number of nitro benzene ring substituents is 1. The number of hydrogen-bond donors (Lipinski definition) is 0. The summed E-state index contributed by atoms with van der Waals surface area (Å²) in [5.41, 5.74) is 1.73. The van der Waals surface area contributed by atoms with Crippen molar-refractivity contribution in [1.29, 1.82) is 0 Å². The molecular weight excluding hydrogens is 206 g/mol. The summed E-state index contributed by atoms with van der Waals surface area (Å²) in [4.78, 5) is 10.5. The molecule has 1 aromatic rings. The van der Waals surface area contributed by atoms with E-state index in [9.17, 15) is 10.1 Å². The molecule has 0 aliphatic heterocycles. The van der Waals surface area contributed by atoms with Crippen LogP contribution >= 0.6 is 0 Å². The quantitative estimate of drug-likeness (QED) is 0.567. The zero-order chi connectivity index (χ0) is 11.5. The molecule has 0 bridgehead atoms. The Morgan fingerprint density at radius 2 is 2.25 bits per heavy atom. The predicted molar refractivity (Wildman–Crippen MR) is 60.2 cm³/mol. The summed E-state index contributed by atoms with van der Waals surface area (Å²) in [7, 11) is 0. The van der Waals surface area contributed by atoms with Gasteiger partial charge in [-0.1, -0.05) is 6.07 Å². The number of benzene rings is 1. The predicted octanol–water partition coefficient (Wildman–Crippen LogP) is 2.83. The third-order valence-corrected chi connectivity index (χ3v) is 2.75. The van der Waals surface area contributed by atoms with Crippen LogP contribution in [0.4, 0.5) is 5.69 Å². The van der Waals surface area contributed by atoms with Crippen molar-refractivity contribution in [3.63, 3.8) is 0 Å². The molecule has 16 heavy (non-hydrogen) atoms. The molecule has 0 heterocycles. The highest BCUT2D eigenvalue weighted by Gasteiger charge is 2.22. The van der Waals surface area contributed by atoms with Gasteiger partial charge in [0.15, 0.2) is 0 Å². The molecule has 0 spiro atoms. The van der Waals surface area contributed by atoms with Gasteiger partial charge in [-0.3, -0.25) is 10.1 Å². The molecule has 0 atom stereocenters. The summed E-state index contributed by atoms with van der Waals surface area (Å²) in [5.74, 6) is 0.685. The van der Waals surface area contributed by atoms with Crippen LogP contribution in [-0.4, -0.2) is 11.5 Å². The number of aryl methyl sites for hydroxylation is 1. The average molecular weight is 221 g/mol. The minimum absolute atomic E-state index is 0.163. The minimum Gasteiger partial charge on any atom is -0.376 e. The van der Waals surface area contributed by atoms with E-state index < -0.39 is 0 Å². The molecule has 1 aromatic carbocycles. The van der Waals surface area contributed by atoms with Crippen LogP contribution in [0, 0.1) is 23.0 Å². The number of hydrogen-bond acceptors (Lipinski definition) is 3. The van der Waals surface area contributed by atoms with Gasteiger partial charge in [-0.25, -0.2) is 0 Å². The van der Waals surface area contributed by atoms with Crippen molar-refractivity contribution < 1.29 is 9.66 Å². The molecule has 2 rings (SSSR count). The lowest BCUT2D eigenvalue weighted by atomic mass is 10.1. The molecule has 0 radical (unpaired) electrons. The van der Waals surface area contributed by atoms with Gasteiger partial charge in [-0.15, -0.1) is 0 Å². The summed E-state index contributed by atoms with van der Waals surface area (Å²) >= 11 is 0. The van der Waals surface area contributed by atoms with E-state index in [-0.39, 0.29) is 10.6 Å². The van der Waals surface area contributed by atoms with Gasteiger partial charge < -0.3 is 4.74 Å². The fourth-order valence-electron chi connectivity index (χ4n) is 1.59. The van der Waals surface area contributed by atoms with Crippen LogP contribution in [0.5, 0.6) is 0 Å². The Morgan fingerprint density at radius 3 is 2.88 bits per heavy atom. The average Bonchev–Trinajstić information content (AvgIpc) is 3.04. The fourth-order valence-corrected chi connectivity index (χ4v) is 1.59. The molecule has 1 fully saturated rings. The lowest BCUT2D eigenvalue weighted by Crippen LogP contribution is -2.01. The second-order valence-corrected chi connectivity index (χ2v) is 4.35. The zero-order valence-corrected chi connectivity index (χ0v) is 9.31. The second kappa shape index (κ2) is 4.61. The van der Waals surface area contributed by atoms with Crippen molar-refractivity contribution in [2.24, 2.45) is 5.92 Å². The van der Waals surface area contributed by atoms with E-state index >= 15 is 0 Å². The Labute approximate surface area is 94.4 Å². The van der Waals surface area contributed by atoms with Crippen LogP contribution in [0.1, 0.15) is 24.0 Å². The first kappa shape index (κ1) is 11.1. The molecule has 4 nitrogen and oxygen atoms in total. The summed E-state index contributed by atoms with van der Waals surface area (Å²) in [5, 5.41) is 10.8. The lowest BCUT2D eigenvalue weighted by Gasteiger charge is -2.05. The van der Waals surface area contributed by atoms with E-state index in [2.05, 4.69) is 0 Å². The number of ether oxygens (including phenoxy) is 1. The van der Waals surface area contributed by atoms with Crippen molar-refractivity contribution in [2.75, 3.05) is 6.61 Å². The molecule has 0 unspecified atom stereocenters. The molecule has 0 N–H and O–H groups in total. The van der Waals surface area contributed by atoms with Crippen LogP contribution in [0.25, 0.3) is 0 Å². The van der Waals surface area contributed by atoms with E-state index in [1.165, 1.54) is 12.8 Å². The molecule has 4 heteroatoms. The number of nitrogens with zero attached hydrogens (tertiary/aromatic N) is 1. The summed E-state index contributed by atoms with van der Waals surface area (Å²) in [6.07, 6.45) is 2.46. The van der Waals surface area contributed by atoms with Gasteiger partial charge in [0.25, 0.3) is 5.69 Å². The van der Waals surface area contributed by atoms with E-state index in [4.69, 9.17) is 4.74 Å². The van der Waals surface area contributed by atoms with Crippen molar-refractivity contribution in [1.82, 2.24) is 0 Å². The Hall–Kier alpha value is -1.42. The highest BCUT2D eigenvalue weighted by atomic mass is 16.6. The first-order chi connectivity index (χ1) is 7.66. The molecule has 1 aliphatic rings. The van der Waals surface area contributed by atoms with Crippen molar-refractivity contribution >= 4 is 5.69 Å². The van der Waals surface area contributed by atoms with Gasteiger partial charge in [-0.2, -0.15) is 0 Å². The van der Waals surface area contributed by atoms with Crippen LogP contribution < -0.4 is 0 Å². The number of rotatable bonds is 5. The van der Waals surface area contributed by atoms with E-state index in [1.54, 1.807) is 12.1 Å². The van der Waals surface area contributed by atoms with E-state index in [1.807, 2.05) is 13.0 Å². The molecule has 1 saturated carbocycles.